The fourth-order valence-electron chi connectivity index (χ4n) is 0.889. The zero-order valence-corrected chi connectivity index (χ0v) is 10.6. The van der Waals surface area contributed by atoms with Gasteiger partial charge in [-0.1, -0.05) is 26.7 Å². The second-order valence-electron chi connectivity index (χ2n) is 2.88. The normalized spacial score (nSPS) is 11.1. The molecule has 1 unspecified atom stereocenters. The average Bonchev–Trinajstić information content (AvgIpc) is 2.17. The number of likely N-dealkylation sites (N-methyl/N-ethyl adjacent to an activating group) is 1. The van der Waals surface area contributed by atoms with Gasteiger partial charge in [-0.3, -0.25) is 0 Å². The van der Waals surface area contributed by atoms with Crippen LogP contribution in [0.2, 0.25) is 0 Å². The molecule has 0 aromatic carbocycles. The highest BCUT2D eigenvalue weighted by Crippen LogP contribution is 1.92. The summed E-state index contributed by atoms with van der Waals surface area (Å²) in [6, 6.07) is 0. The third-order valence-electron chi connectivity index (χ3n) is 1.34. The highest BCUT2D eigenvalue weighted by molar-refractivity contribution is 5.05. The summed E-state index contributed by atoms with van der Waals surface area (Å²) in [7, 11) is 4.05. The van der Waals surface area contributed by atoms with Crippen molar-refractivity contribution in [3.05, 3.63) is 0 Å². The molecule has 0 aliphatic carbocycles. The lowest BCUT2D eigenvalue weighted by Gasteiger charge is -2.15. The van der Waals surface area contributed by atoms with E-state index in [4.69, 9.17) is 4.74 Å². The minimum atomic E-state index is 0.0740. The molecule has 0 aliphatic rings. The van der Waals surface area contributed by atoms with Crippen LogP contribution in [0.25, 0.3) is 0 Å². The molecule has 0 aromatic rings. The van der Waals surface area contributed by atoms with Gasteiger partial charge in [-0.05, 0) is 21.0 Å². The lowest BCUT2D eigenvalue weighted by atomic mass is 10.3. The first-order chi connectivity index (χ1) is 6.70. The first kappa shape index (κ1) is 15.9. The van der Waals surface area contributed by atoms with Crippen molar-refractivity contribution < 1.29 is 4.74 Å². The maximum absolute atomic E-state index is 5.44. The zero-order valence-electron chi connectivity index (χ0n) is 10.6. The fraction of sp³-hybridized carbons (Fsp3) is 0.833. The summed E-state index contributed by atoms with van der Waals surface area (Å²) in [6.45, 7) is 9.65. The molecule has 0 aliphatic heterocycles. The molecule has 2 heteroatoms. The minimum Gasteiger partial charge on any atom is -0.364 e. The Kier molecular flexibility index (Phi) is 14.2. The number of ether oxygens (including phenoxy) is 1. The molecule has 0 aromatic heterocycles. The molecule has 0 heterocycles. The predicted octanol–water partition coefficient (Wildman–Crippen LogP) is 2.39. The van der Waals surface area contributed by atoms with Crippen LogP contribution in [-0.2, 0) is 4.74 Å². The Morgan fingerprint density at radius 3 is 2.14 bits per heavy atom. The van der Waals surface area contributed by atoms with Crippen LogP contribution in [0.4, 0.5) is 0 Å². The quantitative estimate of drug-likeness (QED) is 0.645. The van der Waals surface area contributed by atoms with Gasteiger partial charge in [-0.2, -0.15) is 0 Å². The van der Waals surface area contributed by atoms with Crippen LogP contribution in [-0.4, -0.2) is 38.3 Å². The predicted molar refractivity (Wildman–Crippen MR) is 63.4 cm³/mol. The molecule has 0 amide bonds. The van der Waals surface area contributed by atoms with Crippen LogP contribution in [0.3, 0.4) is 0 Å². The van der Waals surface area contributed by atoms with Gasteiger partial charge < -0.3 is 9.64 Å². The molecule has 14 heavy (non-hydrogen) atoms. The lowest BCUT2D eigenvalue weighted by Crippen LogP contribution is -2.27. The van der Waals surface area contributed by atoms with Crippen molar-refractivity contribution >= 4 is 0 Å². The standard InChI is InChI=1S/C10H19NO.C2H6/c1-5-7-8-10(12-6-2)9-11(3)4;1-2/h10H,5-6,9H2,1-4H3;1-2H3. The van der Waals surface area contributed by atoms with E-state index >= 15 is 0 Å². The molecule has 2 nitrogen and oxygen atoms in total. The van der Waals surface area contributed by atoms with Crippen molar-refractivity contribution in [2.24, 2.45) is 0 Å². The van der Waals surface area contributed by atoms with Gasteiger partial charge in [0, 0.05) is 19.6 Å². The Labute approximate surface area is 89.6 Å². The first-order valence-corrected chi connectivity index (χ1v) is 5.45. The number of hydrogen-bond donors (Lipinski definition) is 0. The van der Waals surface area contributed by atoms with E-state index in [1.807, 2.05) is 41.8 Å². The maximum Gasteiger partial charge on any atom is 0.130 e. The van der Waals surface area contributed by atoms with E-state index in [0.29, 0.717) is 0 Å². The molecule has 1 atom stereocenters. The fourth-order valence-corrected chi connectivity index (χ4v) is 0.889. The third-order valence-corrected chi connectivity index (χ3v) is 1.34. The summed E-state index contributed by atoms with van der Waals surface area (Å²) < 4.78 is 5.44. The summed E-state index contributed by atoms with van der Waals surface area (Å²) in [5.41, 5.74) is 0. The van der Waals surface area contributed by atoms with Crippen LogP contribution in [0, 0.1) is 11.8 Å². The SMILES string of the molecule is CC.CCC#CC(CN(C)C)OCC. The van der Waals surface area contributed by atoms with Gasteiger partial charge in [0.2, 0.25) is 0 Å². The molecule has 0 spiro atoms. The van der Waals surface area contributed by atoms with Crippen LogP contribution in [0.15, 0.2) is 0 Å². The summed E-state index contributed by atoms with van der Waals surface area (Å²) >= 11 is 0. The second-order valence-corrected chi connectivity index (χ2v) is 2.88. The molecule has 0 radical (unpaired) electrons. The van der Waals surface area contributed by atoms with Gasteiger partial charge in [0.25, 0.3) is 0 Å². The van der Waals surface area contributed by atoms with E-state index in [2.05, 4.69) is 16.7 Å². The molecule has 0 fully saturated rings. The monoisotopic (exact) mass is 199 g/mol. The van der Waals surface area contributed by atoms with E-state index in [9.17, 15) is 0 Å². The van der Waals surface area contributed by atoms with Crippen LogP contribution in [0.1, 0.15) is 34.1 Å². The Morgan fingerprint density at radius 1 is 1.21 bits per heavy atom. The summed E-state index contributed by atoms with van der Waals surface area (Å²) in [6.07, 6.45) is 0.974. The van der Waals surface area contributed by atoms with Crippen LogP contribution in [0.5, 0.6) is 0 Å². The molecule has 0 bridgehead atoms. The minimum absolute atomic E-state index is 0.0740. The third kappa shape index (κ3) is 11.5. The first-order valence-electron chi connectivity index (χ1n) is 5.45. The number of rotatable bonds is 4. The van der Waals surface area contributed by atoms with Crippen LogP contribution < -0.4 is 0 Å². The van der Waals surface area contributed by atoms with Gasteiger partial charge >= 0.3 is 0 Å². The van der Waals surface area contributed by atoms with Crippen molar-refractivity contribution in [2.75, 3.05) is 27.2 Å². The smallest absolute Gasteiger partial charge is 0.130 e. The second kappa shape index (κ2) is 12.5. The van der Waals surface area contributed by atoms with Gasteiger partial charge in [0.15, 0.2) is 0 Å². The zero-order chi connectivity index (χ0) is 11.4. The molecule has 0 rings (SSSR count). The van der Waals surface area contributed by atoms with Gasteiger partial charge in [0.1, 0.15) is 6.10 Å². The maximum atomic E-state index is 5.44. The lowest BCUT2D eigenvalue weighted by molar-refractivity contribution is 0.0826. The molecular formula is C12H25NO. The molecule has 0 saturated carbocycles. The molecular weight excluding hydrogens is 174 g/mol. The number of hydrogen-bond acceptors (Lipinski definition) is 2. The van der Waals surface area contributed by atoms with E-state index in [-0.39, 0.29) is 6.10 Å². The van der Waals surface area contributed by atoms with E-state index < -0.39 is 0 Å². The van der Waals surface area contributed by atoms with E-state index in [0.717, 1.165) is 19.6 Å². The van der Waals surface area contributed by atoms with Crippen molar-refractivity contribution in [2.45, 2.75) is 40.2 Å². The average molecular weight is 199 g/mol. The van der Waals surface area contributed by atoms with Gasteiger partial charge in [-0.25, -0.2) is 0 Å². The largest absolute Gasteiger partial charge is 0.364 e. The summed E-state index contributed by atoms with van der Waals surface area (Å²) in [5, 5.41) is 0. The van der Waals surface area contributed by atoms with E-state index in [1.54, 1.807) is 0 Å². The number of nitrogens with zero attached hydrogens (tertiary/aromatic N) is 1. The van der Waals surface area contributed by atoms with Crippen molar-refractivity contribution in [1.82, 2.24) is 4.90 Å². The van der Waals surface area contributed by atoms with Gasteiger partial charge in [-0.15, -0.1) is 5.92 Å². The Morgan fingerprint density at radius 2 is 1.79 bits per heavy atom. The Hall–Kier alpha value is -0.520. The van der Waals surface area contributed by atoms with Crippen molar-refractivity contribution in [1.29, 1.82) is 0 Å². The van der Waals surface area contributed by atoms with Gasteiger partial charge in [0.05, 0.1) is 0 Å². The summed E-state index contributed by atoms with van der Waals surface area (Å²) in [5.74, 6) is 6.12. The summed E-state index contributed by atoms with van der Waals surface area (Å²) in [4.78, 5) is 2.09. The Bertz CT molecular complexity index is 155. The van der Waals surface area contributed by atoms with Crippen molar-refractivity contribution in [3.63, 3.8) is 0 Å². The molecule has 84 valence electrons. The van der Waals surface area contributed by atoms with E-state index in [1.165, 1.54) is 0 Å². The topological polar surface area (TPSA) is 12.5 Å². The highest BCUT2D eigenvalue weighted by Gasteiger charge is 2.04. The molecule has 0 saturated heterocycles. The van der Waals surface area contributed by atoms with Crippen LogP contribution >= 0.6 is 0 Å². The Balaban J connectivity index is 0. The van der Waals surface area contributed by atoms with Crippen molar-refractivity contribution in [3.8, 4) is 11.8 Å². The molecule has 0 N–H and O–H groups in total. The highest BCUT2D eigenvalue weighted by atomic mass is 16.5.